The molecule has 0 aromatic carbocycles. The normalized spacial score (nSPS) is 11.8. The van der Waals surface area contributed by atoms with Gasteiger partial charge in [0.25, 0.3) is 0 Å². The first-order valence-corrected chi connectivity index (χ1v) is 6.19. The van der Waals surface area contributed by atoms with Crippen LogP contribution in [0.5, 0.6) is 0 Å². The molecule has 0 aliphatic carbocycles. The second-order valence-electron chi connectivity index (χ2n) is 4.46. The van der Waals surface area contributed by atoms with Crippen LogP contribution in [0.15, 0.2) is 18.6 Å². The van der Waals surface area contributed by atoms with Crippen LogP contribution in [0, 0.1) is 0 Å². The third-order valence-corrected chi connectivity index (χ3v) is 3.30. The summed E-state index contributed by atoms with van der Waals surface area (Å²) in [4.78, 5) is 8.62. The average molecular weight is 265 g/mol. The fraction of sp³-hybridized carbons (Fsp3) is 0.500. The minimum absolute atomic E-state index is 0.182. The molecule has 2 heterocycles. The van der Waals surface area contributed by atoms with Gasteiger partial charge in [0.05, 0.1) is 24.9 Å². The van der Waals surface area contributed by atoms with Gasteiger partial charge in [-0.15, -0.1) is 0 Å². The molecule has 0 saturated carbocycles. The van der Waals surface area contributed by atoms with Crippen LogP contribution in [0.25, 0.3) is 5.65 Å². The Balaban J connectivity index is 2.46. The third kappa shape index (κ3) is 2.47. The van der Waals surface area contributed by atoms with Crippen molar-refractivity contribution in [2.45, 2.75) is 18.9 Å². The first kappa shape index (κ1) is 13.6. The zero-order valence-corrected chi connectivity index (χ0v) is 11.1. The third-order valence-electron chi connectivity index (χ3n) is 3.30. The molecule has 2 aromatic heterocycles. The summed E-state index contributed by atoms with van der Waals surface area (Å²) in [7, 11) is 1.78. The fourth-order valence-corrected chi connectivity index (χ4v) is 1.83. The van der Waals surface area contributed by atoms with E-state index in [0.29, 0.717) is 23.7 Å². The number of imidazole rings is 1. The molecule has 2 aromatic rings. The maximum absolute atomic E-state index is 9.49. The zero-order chi connectivity index (χ0) is 13.9. The Hall–Kier alpha value is -1.86. The van der Waals surface area contributed by atoms with Gasteiger partial charge >= 0.3 is 0 Å². The van der Waals surface area contributed by atoms with Gasteiger partial charge in [0.2, 0.25) is 0 Å². The highest BCUT2D eigenvalue weighted by Crippen LogP contribution is 2.22. The molecule has 7 heteroatoms. The summed E-state index contributed by atoms with van der Waals surface area (Å²) in [5.41, 5.74) is -0.148. The molecule has 104 valence electrons. The molecular formula is C12H19N5O2. The molecule has 0 spiro atoms. The molecule has 4 N–H and O–H groups in total. The molecule has 0 bridgehead atoms. The molecule has 0 atom stereocenters. The van der Waals surface area contributed by atoms with Crippen LogP contribution >= 0.6 is 0 Å². The van der Waals surface area contributed by atoms with Gasteiger partial charge in [-0.1, -0.05) is 6.92 Å². The Morgan fingerprint density at radius 3 is 2.68 bits per heavy atom. The van der Waals surface area contributed by atoms with Crippen molar-refractivity contribution in [3.8, 4) is 0 Å². The molecule has 0 unspecified atom stereocenters. The molecular weight excluding hydrogens is 246 g/mol. The fourth-order valence-electron chi connectivity index (χ4n) is 1.83. The van der Waals surface area contributed by atoms with Crippen molar-refractivity contribution in [3.05, 3.63) is 18.6 Å². The van der Waals surface area contributed by atoms with Crippen molar-refractivity contribution < 1.29 is 10.2 Å². The number of aromatic nitrogens is 3. The number of hydrogen-bond donors (Lipinski definition) is 4. The van der Waals surface area contributed by atoms with E-state index in [4.69, 9.17) is 0 Å². The lowest BCUT2D eigenvalue weighted by molar-refractivity contribution is 0.132. The molecule has 0 saturated heterocycles. The minimum Gasteiger partial charge on any atom is -0.394 e. The molecule has 19 heavy (non-hydrogen) atoms. The van der Waals surface area contributed by atoms with Crippen LogP contribution in [0.4, 0.5) is 11.6 Å². The van der Waals surface area contributed by atoms with Crippen molar-refractivity contribution in [3.63, 3.8) is 0 Å². The van der Waals surface area contributed by atoms with Gasteiger partial charge in [-0.05, 0) is 6.42 Å². The Morgan fingerprint density at radius 2 is 2.11 bits per heavy atom. The second kappa shape index (κ2) is 5.41. The smallest absolute Gasteiger partial charge is 0.180 e. The number of nitrogens with zero attached hydrogens (tertiary/aromatic N) is 3. The molecule has 2 rings (SSSR count). The SMILES string of the molecule is CCC(CO)(CO)Nc1nc(NC)cn2ccnc12. The first-order valence-electron chi connectivity index (χ1n) is 6.19. The summed E-state index contributed by atoms with van der Waals surface area (Å²) in [6.45, 7) is 1.53. The maximum atomic E-state index is 9.49. The van der Waals surface area contributed by atoms with Crippen LogP contribution in [-0.4, -0.2) is 50.4 Å². The van der Waals surface area contributed by atoms with E-state index < -0.39 is 5.54 Å². The summed E-state index contributed by atoms with van der Waals surface area (Å²) in [5.74, 6) is 1.20. The van der Waals surface area contributed by atoms with Crippen molar-refractivity contribution >= 4 is 17.3 Å². The number of hydrogen-bond acceptors (Lipinski definition) is 6. The standard InChI is InChI=1S/C12H19N5O2/c1-3-12(7-18,8-19)16-10-11-14-4-5-17(11)6-9(13-2)15-10/h4-6,13,18-19H,3,7-8H2,1-2H3,(H,15,16). The van der Waals surface area contributed by atoms with Crippen LogP contribution in [-0.2, 0) is 0 Å². The highest BCUT2D eigenvalue weighted by atomic mass is 16.3. The van der Waals surface area contributed by atoms with Crippen molar-refractivity contribution in [1.29, 1.82) is 0 Å². The van der Waals surface area contributed by atoms with Crippen LogP contribution in [0.1, 0.15) is 13.3 Å². The average Bonchev–Trinajstić information content (AvgIpc) is 2.93. The Bertz CT molecular complexity index is 542. The molecule has 0 radical (unpaired) electrons. The van der Waals surface area contributed by atoms with E-state index in [2.05, 4.69) is 20.6 Å². The summed E-state index contributed by atoms with van der Waals surface area (Å²) in [6, 6.07) is 0. The topological polar surface area (TPSA) is 94.7 Å². The summed E-state index contributed by atoms with van der Waals surface area (Å²) >= 11 is 0. The Kier molecular flexibility index (Phi) is 3.87. The van der Waals surface area contributed by atoms with Crippen molar-refractivity contribution in [2.24, 2.45) is 0 Å². The van der Waals surface area contributed by atoms with E-state index in [-0.39, 0.29) is 13.2 Å². The summed E-state index contributed by atoms with van der Waals surface area (Å²) in [5, 5.41) is 25.1. The van der Waals surface area contributed by atoms with E-state index in [1.807, 2.05) is 23.7 Å². The van der Waals surface area contributed by atoms with Gasteiger partial charge in [0.1, 0.15) is 5.82 Å². The van der Waals surface area contributed by atoms with Crippen LogP contribution in [0.2, 0.25) is 0 Å². The number of aliphatic hydroxyl groups excluding tert-OH is 2. The number of fused-ring (bicyclic) bond motifs is 1. The molecule has 0 amide bonds. The number of rotatable bonds is 6. The molecule has 0 aliphatic heterocycles. The molecule has 0 aliphatic rings. The van der Waals surface area contributed by atoms with E-state index in [9.17, 15) is 10.2 Å². The lowest BCUT2D eigenvalue weighted by atomic mass is 9.98. The predicted molar refractivity (Wildman–Crippen MR) is 73.4 cm³/mol. The highest BCUT2D eigenvalue weighted by molar-refractivity contribution is 5.66. The largest absolute Gasteiger partial charge is 0.394 e. The van der Waals surface area contributed by atoms with E-state index in [0.717, 1.165) is 0 Å². The van der Waals surface area contributed by atoms with Gasteiger partial charge in [0, 0.05) is 19.4 Å². The lowest BCUT2D eigenvalue weighted by Gasteiger charge is -2.30. The lowest BCUT2D eigenvalue weighted by Crippen LogP contribution is -2.45. The second-order valence-corrected chi connectivity index (χ2v) is 4.46. The van der Waals surface area contributed by atoms with Gasteiger partial charge < -0.3 is 25.2 Å². The number of aliphatic hydroxyl groups is 2. The van der Waals surface area contributed by atoms with E-state index in [1.165, 1.54) is 0 Å². The van der Waals surface area contributed by atoms with Crippen molar-refractivity contribution in [2.75, 3.05) is 30.9 Å². The van der Waals surface area contributed by atoms with Gasteiger partial charge in [-0.25, -0.2) is 9.97 Å². The summed E-state index contributed by atoms with van der Waals surface area (Å²) < 4.78 is 1.83. The quantitative estimate of drug-likeness (QED) is 0.601. The Morgan fingerprint density at radius 1 is 1.37 bits per heavy atom. The predicted octanol–water partition coefficient (Wildman–Crippen LogP) is 0.316. The van der Waals surface area contributed by atoms with Gasteiger partial charge in [0.15, 0.2) is 11.5 Å². The van der Waals surface area contributed by atoms with Crippen LogP contribution < -0.4 is 10.6 Å². The molecule has 7 nitrogen and oxygen atoms in total. The van der Waals surface area contributed by atoms with Crippen molar-refractivity contribution in [1.82, 2.24) is 14.4 Å². The van der Waals surface area contributed by atoms with Crippen LogP contribution in [0.3, 0.4) is 0 Å². The number of anilines is 2. The van der Waals surface area contributed by atoms with Gasteiger partial charge in [-0.3, -0.25) is 0 Å². The molecule has 0 fully saturated rings. The zero-order valence-electron chi connectivity index (χ0n) is 11.1. The van der Waals surface area contributed by atoms with Gasteiger partial charge in [-0.2, -0.15) is 0 Å². The minimum atomic E-state index is -0.800. The summed E-state index contributed by atoms with van der Waals surface area (Å²) in [6.07, 6.45) is 5.87. The van der Waals surface area contributed by atoms with E-state index >= 15 is 0 Å². The monoisotopic (exact) mass is 265 g/mol. The van der Waals surface area contributed by atoms with E-state index in [1.54, 1.807) is 13.2 Å². The maximum Gasteiger partial charge on any atom is 0.180 e. The Labute approximate surface area is 111 Å². The first-order chi connectivity index (χ1) is 9.18. The number of nitrogens with one attached hydrogen (secondary N) is 2. The highest BCUT2D eigenvalue weighted by Gasteiger charge is 2.28.